The van der Waals surface area contributed by atoms with E-state index in [1.54, 1.807) is 32.2 Å². The first-order valence-corrected chi connectivity index (χ1v) is 13.7. The minimum Gasteiger partial charge on any atom is -0.486 e. The highest BCUT2D eigenvalue weighted by Gasteiger charge is 2.36. The van der Waals surface area contributed by atoms with Gasteiger partial charge in [-0.2, -0.15) is 4.31 Å². The Hall–Kier alpha value is -3.88. The Morgan fingerprint density at radius 1 is 1.31 bits per heavy atom. The molecule has 13 nitrogen and oxygen atoms in total. The van der Waals surface area contributed by atoms with Crippen molar-refractivity contribution in [2.75, 3.05) is 32.1 Å². The molecule has 208 valence electrons. The number of carbonyl (C=O) groups excluding carboxylic acids is 2. The molecule has 4 rings (SSSR count). The van der Waals surface area contributed by atoms with Crippen molar-refractivity contribution in [3.8, 4) is 5.75 Å². The summed E-state index contributed by atoms with van der Waals surface area (Å²) in [6.45, 7) is 3.43. The summed E-state index contributed by atoms with van der Waals surface area (Å²) in [4.78, 5) is 39.9. The van der Waals surface area contributed by atoms with E-state index in [0.717, 1.165) is 4.31 Å². The molecule has 3 heterocycles. The van der Waals surface area contributed by atoms with E-state index >= 15 is 0 Å². The van der Waals surface area contributed by atoms with E-state index in [1.807, 2.05) is 6.92 Å². The maximum Gasteiger partial charge on any atom is 0.275 e. The van der Waals surface area contributed by atoms with E-state index in [2.05, 4.69) is 20.3 Å². The lowest BCUT2D eigenvalue weighted by Crippen LogP contribution is -2.50. The number of likely N-dealkylation sites (N-methyl/N-ethyl adjacent to an activating group) is 1. The average Bonchev–Trinajstić information content (AvgIpc) is 3.38. The third kappa shape index (κ3) is 5.92. The second-order valence-corrected chi connectivity index (χ2v) is 11.5. The molecule has 2 aromatic heterocycles. The molecule has 0 fully saturated rings. The van der Waals surface area contributed by atoms with Gasteiger partial charge in [0.15, 0.2) is 10.8 Å². The summed E-state index contributed by atoms with van der Waals surface area (Å²) in [6.07, 6.45) is 6.21. The molecule has 0 spiro atoms. The summed E-state index contributed by atoms with van der Waals surface area (Å²) in [6, 6.07) is 4.23. The number of rotatable bonds is 8. The molecular formula is C25H31N7O6S. The van der Waals surface area contributed by atoms with Crippen LogP contribution < -0.4 is 10.1 Å². The molecule has 0 saturated heterocycles. The van der Waals surface area contributed by atoms with Gasteiger partial charge in [0.1, 0.15) is 11.8 Å². The Morgan fingerprint density at radius 2 is 2.08 bits per heavy atom. The van der Waals surface area contributed by atoms with Gasteiger partial charge in [0, 0.05) is 45.1 Å². The smallest absolute Gasteiger partial charge is 0.275 e. The zero-order valence-electron chi connectivity index (χ0n) is 22.1. The fourth-order valence-electron chi connectivity index (χ4n) is 4.20. The molecule has 3 atom stereocenters. The number of ether oxygens (including phenoxy) is 1. The van der Waals surface area contributed by atoms with Crippen molar-refractivity contribution in [1.82, 2.24) is 28.7 Å². The van der Waals surface area contributed by atoms with Crippen LogP contribution in [0.2, 0.25) is 0 Å². The lowest BCUT2D eigenvalue weighted by Gasteiger charge is -2.38. The van der Waals surface area contributed by atoms with Crippen LogP contribution in [-0.2, 0) is 17.1 Å². The van der Waals surface area contributed by atoms with Crippen LogP contribution in [0.15, 0.2) is 54.3 Å². The number of sulfonamides is 1. The summed E-state index contributed by atoms with van der Waals surface area (Å²) in [5, 5.41) is 12.5. The molecule has 0 unspecified atom stereocenters. The largest absolute Gasteiger partial charge is 0.486 e. The van der Waals surface area contributed by atoms with Crippen LogP contribution in [0.1, 0.15) is 34.7 Å². The zero-order chi connectivity index (χ0) is 28.3. The molecule has 1 aliphatic heterocycles. The molecule has 2 amide bonds. The van der Waals surface area contributed by atoms with Crippen LogP contribution in [0.5, 0.6) is 5.75 Å². The third-order valence-electron chi connectivity index (χ3n) is 6.53. The van der Waals surface area contributed by atoms with Crippen molar-refractivity contribution < 1.29 is 27.9 Å². The number of hydrogen-bond donors (Lipinski definition) is 2. The van der Waals surface area contributed by atoms with Gasteiger partial charge in [-0.3, -0.25) is 14.6 Å². The fourth-order valence-corrected chi connectivity index (χ4v) is 5.34. The van der Waals surface area contributed by atoms with Gasteiger partial charge in [0.2, 0.25) is 0 Å². The highest BCUT2D eigenvalue weighted by Crippen LogP contribution is 2.35. The number of nitrogens with zero attached hydrogens (tertiary/aromatic N) is 6. The number of para-hydroxylation sites is 1. The Kier molecular flexibility index (Phi) is 8.28. The number of carbonyl (C=O) groups is 2. The van der Waals surface area contributed by atoms with Crippen LogP contribution in [-0.4, -0.2) is 93.0 Å². The van der Waals surface area contributed by atoms with Crippen LogP contribution in [0.4, 0.5) is 5.69 Å². The topological polar surface area (TPSA) is 160 Å². The number of amides is 2. The molecule has 0 bridgehead atoms. The molecule has 39 heavy (non-hydrogen) atoms. The van der Waals surface area contributed by atoms with E-state index in [0.29, 0.717) is 0 Å². The van der Waals surface area contributed by atoms with Gasteiger partial charge >= 0.3 is 0 Å². The van der Waals surface area contributed by atoms with Gasteiger partial charge in [0.25, 0.3) is 21.8 Å². The van der Waals surface area contributed by atoms with Gasteiger partial charge in [0.05, 0.1) is 43.0 Å². The standard InChI is InChI=1S/C25H31N7O6S/c1-16-11-32(17(2)14-33)25(35)18-6-5-7-19(29-24(34)20-10-26-8-9-27-20)23(18)38-21(16)12-31(4)39(36,37)22-13-30(3)15-28-22/h5-10,13,15-17,21,33H,11-12,14H2,1-4H3,(H,29,34)/t16-,17+,21-/m1/s1. The Labute approximate surface area is 226 Å². The highest BCUT2D eigenvalue weighted by molar-refractivity contribution is 7.89. The number of aromatic nitrogens is 4. The molecule has 1 aliphatic rings. The number of fused-ring (bicyclic) bond motifs is 1. The van der Waals surface area contributed by atoms with Gasteiger partial charge in [-0.15, -0.1) is 0 Å². The highest BCUT2D eigenvalue weighted by atomic mass is 32.2. The first-order chi connectivity index (χ1) is 18.5. The lowest BCUT2D eigenvalue weighted by atomic mass is 9.99. The summed E-state index contributed by atoms with van der Waals surface area (Å²) >= 11 is 0. The van der Waals surface area contributed by atoms with E-state index in [4.69, 9.17) is 4.74 Å². The number of aliphatic hydroxyl groups is 1. The van der Waals surface area contributed by atoms with Gasteiger partial charge < -0.3 is 24.6 Å². The van der Waals surface area contributed by atoms with Gasteiger partial charge in [-0.05, 0) is 19.1 Å². The maximum atomic E-state index is 13.6. The van der Waals surface area contributed by atoms with E-state index in [9.17, 15) is 23.1 Å². The molecule has 2 N–H and O–H groups in total. The second-order valence-electron chi connectivity index (χ2n) is 9.51. The first kappa shape index (κ1) is 28.1. The molecular weight excluding hydrogens is 526 g/mol. The van der Waals surface area contributed by atoms with Crippen molar-refractivity contribution in [3.05, 3.63) is 60.6 Å². The zero-order valence-corrected chi connectivity index (χ0v) is 22.9. The van der Waals surface area contributed by atoms with Crippen molar-refractivity contribution in [2.45, 2.75) is 31.0 Å². The van der Waals surface area contributed by atoms with Gasteiger partial charge in [-0.25, -0.2) is 18.4 Å². The monoisotopic (exact) mass is 557 g/mol. The van der Waals surface area contributed by atoms with E-state index in [-0.39, 0.29) is 59.2 Å². The number of aliphatic hydroxyl groups excluding tert-OH is 1. The minimum atomic E-state index is -3.93. The lowest BCUT2D eigenvalue weighted by molar-refractivity contribution is 0.0388. The van der Waals surface area contributed by atoms with Crippen LogP contribution in [0, 0.1) is 5.92 Å². The maximum absolute atomic E-state index is 13.6. The quantitative estimate of drug-likeness (QED) is 0.412. The average molecular weight is 558 g/mol. The summed E-state index contributed by atoms with van der Waals surface area (Å²) in [5.74, 6) is -1.21. The van der Waals surface area contributed by atoms with Crippen molar-refractivity contribution in [1.29, 1.82) is 0 Å². The number of aryl methyl sites for hydroxylation is 1. The summed E-state index contributed by atoms with van der Waals surface area (Å²) < 4.78 is 35.4. The van der Waals surface area contributed by atoms with Crippen molar-refractivity contribution in [3.63, 3.8) is 0 Å². The molecule has 0 aliphatic carbocycles. The van der Waals surface area contributed by atoms with Gasteiger partial charge in [-0.1, -0.05) is 13.0 Å². The number of benzene rings is 1. The normalized spacial score (nSPS) is 18.6. The minimum absolute atomic E-state index is 0.0638. The predicted octanol–water partition coefficient (Wildman–Crippen LogP) is 1.00. The van der Waals surface area contributed by atoms with E-state index in [1.165, 1.54) is 47.6 Å². The summed E-state index contributed by atoms with van der Waals surface area (Å²) in [7, 11) is -0.828. The van der Waals surface area contributed by atoms with Crippen molar-refractivity contribution in [2.24, 2.45) is 13.0 Å². The van der Waals surface area contributed by atoms with E-state index < -0.39 is 28.1 Å². The SMILES string of the molecule is C[C@@H]1CN([C@@H](C)CO)C(=O)c2cccc(NC(=O)c3cnccn3)c2O[C@@H]1CN(C)S(=O)(=O)c1cn(C)cn1. The first-order valence-electron chi connectivity index (χ1n) is 12.3. The van der Waals surface area contributed by atoms with Crippen molar-refractivity contribution >= 4 is 27.5 Å². The number of nitrogens with one attached hydrogen (secondary N) is 1. The van der Waals surface area contributed by atoms with Crippen LogP contribution in [0.25, 0.3) is 0 Å². The molecule has 3 aromatic rings. The third-order valence-corrected chi connectivity index (χ3v) is 8.24. The molecule has 0 radical (unpaired) electrons. The molecule has 14 heteroatoms. The fraction of sp³-hybridized carbons (Fsp3) is 0.400. The Bertz CT molecular complexity index is 1450. The predicted molar refractivity (Wildman–Crippen MR) is 141 cm³/mol. The Balaban J connectivity index is 1.73. The second kappa shape index (κ2) is 11.5. The summed E-state index contributed by atoms with van der Waals surface area (Å²) in [5.41, 5.74) is 0.440. The molecule has 1 aromatic carbocycles. The Morgan fingerprint density at radius 3 is 2.72 bits per heavy atom. The number of hydrogen-bond acceptors (Lipinski definition) is 9. The number of anilines is 1. The number of imidazole rings is 1. The van der Waals surface area contributed by atoms with Crippen LogP contribution in [0.3, 0.4) is 0 Å². The van der Waals surface area contributed by atoms with Crippen LogP contribution >= 0.6 is 0 Å². The molecule has 0 saturated carbocycles.